The van der Waals surface area contributed by atoms with E-state index in [2.05, 4.69) is 5.32 Å². The maximum atomic E-state index is 10.9. The minimum absolute atomic E-state index is 0.409. The van der Waals surface area contributed by atoms with Crippen molar-refractivity contribution in [3.63, 3.8) is 0 Å². The monoisotopic (exact) mass is 207 g/mol. The number of aryl methyl sites for hydroxylation is 2. The van der Waals surface area contributed by atoms with Crippen molar-refractivity contribution in [1.29, 1.82) is 0 Å². The van der Waals surface area contributed by atoms with E-state index in [1.165, 1.54) is 0 Å². The van der Waals surface area contributed by atoms with Crippen molar-refractivity contribution in [3.05, 3.63) is 34.4 Å². The van der Waals surface area contributed by atoms with Crippen LogP contribution in [0.4, 0.5) is 0 Å². The quantitative estimate of drug-likeness (QED) is 0.791. The minimum atomic E-state index is -0.849. The molecule has 0 heterocycles. The van der Waals surface area contributed by atoms with Crippen LogP contribution in [0.25, 0.3) is 0 Å². The first-order chi connectivity index (χ1) is 7.06. The molecule has 0 saturated heterocycles. The van der Waals surface area contributed by atoms with Crippen molar-refractivity contribution in [2.45, 2.75) is 20.3 Å². The van der Waals surface area contributed by atoms with Gasteiger partial charge in [-0.05, 0) is 56.6 Å². The van der Waals surface area contributed by atoms with Crippen molar-refractivity contribution in [2.75, 3.05) is 13.6 Å². The van der Waals surface area contributed by atoms with E-state index in [-0.39, 0.29) is 0 Å². The van der Waals surface area contributed by atoms with Crippen molar-refractivity contribution in [1.82, 2.24) is 5.32 Å². The molecule has 0 aromatic heterocycles. The van der Waals surface area contributed by atoms with Gasteiger partial charge in [0, 0.05) is 0 Å². The van der Waals surface area contributed by atoms with Crippen LogP contribution in [0.15, 0.2) is 12.1 Å². The molecule has 82 valence electrons. The Bertz CT molecular complexity index is 372. The van der Waals surface area contributed by atoms with Gasteiger partial charge in [-0.25, -0.2) is 4.79 Å². The molecule has 0 radical (unpaired) electrons. The van der Waals surface area contributed by atoms with Gasteiger partial charge in [-0.1, -0.05) is 6.07 Å². The number of carbonyl (C=O) groups is 1. The Morgan fingerprint density at radius 2 is 2.00 bits per heavy atom. The molecular formula is C12H17NO2. The van der Waals surface area contributed by atoms with E-state index >= 15 is 0 Å². The van der Waals surface area contributed by atoms with Gasteiger partial charge >= 0.3 is 5.97 Å². The van der Waals surface area contributed by atoms with E-state index in [1.807, 2.05) is 27.0 Å². The second kappa shape index (κ2) is 4.94. The summed E-state index contributed by atoms with van der Waals surface area (Å²) in [4.78, 5) is 10.9. The third-order valence-corrected chi connectivity index (χ3v) is 2.56. The predicted molar refractivity (Wildman–Crippen MR) is 60.5 cm³/mol. The first-order valence-corrected chi connectivity index (χ1v) is 5.04. The summed E-state index contributed by atoms with van der Waals surface area (Å²) in [6.45, 7) is 4.71. The van der Waals surface area contributed by atoms with Crippen molar-refractivity contribution >= 4 is 5.97 Å². The molecule has 0 aliphatic rings. The highest BCUT2D eigenvalue weighted by Gasteiger charge is 2.09. The standard InChI is InChI=1S/C12H17NO2/c1-8-6-9(2)11(12(14)15)7-10(8)4-5-13-3/h6-7,13H,4-5H2,1-3H3,(H,14,15). The molecule has 0 unspecified atom stereocenters. The Morgan fingerprint density at radius 3 is 2.53 bits per heavy atom. The van der Waals surface area contributed by atoms with Crippen LogP contribution in [0.2, 0.25) is 0 Å². The number of benzene rings is 1. The normalized spacial score (nSPS) is 10.3. The number of carboxylic acids is 1. The topological polar surface area (TPSA) is 49.3 Å². The summed E-state index contributed by atoms with van der Waals surface area (Å²) >= 11 is 0. The molecule has 0 atom stereocenters. The zero-order valence-corrected chi connectivity index (χ0v) is 9.42. The molecule has 0 aliphatic carbocycles. The van der Waals surface area contributed by atoms with Crippen molar-refractivity contribution in [2.24, 2.45) is 0 Å². The Morgan fingerprint density at radius 1 is 1.33 bits per heavy atom. The molecular weight excluding hydrogens is 190 g/mol. The Labute approximate surface area is 90.1 Å². The highest BCUT2D eigenvalue weighted by Crippen LogP contribution is 2.16. The van der Waals surface area contributed by atoms with E-state index in [0.29, 0.717) is 5.56 Å². The van der Waals surface area contributed by atoms with Gasteiger partial charge in [0.05, 0.1) is 5.56 Å². The van der Waals surface area contributed by atoms with E-state index in [9.17, 15) is 4.79 Å². The molecule has 15 heavy (non-hydrogen) atoms. The summed E-state index contributed by atoms with van der Waals surface area (Å²) in [7, 11) is 1.89. The van der Waals surface area contributed by atoms with Crippen molar-refractivity contribution < 1.29 is 9.90 Å². The van der Waals surface area contributed by atoms with Gasteiger partial charge < -0.3 is 10.4 Å². The summed E-state index contributed by atoms with van der Waals surface area (Å²) in [6, 6.07) is 3.72. The van der Waals surface area contributed by atoms with Gasteiger partial charge in [0.25, 0.3) is 0 Å². The Kier molecular flexibility index (Phi) is 3.86. The number of rotatable bonds is 4. The van der Waals surface area contributed by atoms with Crippen LogP contribution in [0.1, 0.15) is 27.0 Å². The van der Waals surface area contributed by atoms with E-state index in [1.54, 1.807) is 6.07 Å². The average molecular weight is 207 g/mol. The number of aromatic carboxylic acids is 1. The molecule has 3 heteroatoms. The zero-order chi connectivity index (χ0) is 11.4. The number of hydrogen-bond donors (Lipinski definition) is 2. The average Bonchev–Trinajstić information content (AvgIpc) is 2.16. The fourth-order valence-electron chi connectivity index (χ4n) is 1.66. The molecule has 0 saturated carbocycles. The largest absolute Gasteiger partial charge is 0.478 e. The van der Waals surface area contributed by atoms with Crippen LogP contribution in [0.3, 0.4) is 0 Å². The van der Waals surface area contributed by atoms with Gasteiger partial charge in [-0.3, -0.25) is 0 Å². The summed E-state index contributed by atoms with van der Waals surface area (Å²) in [5, 5.41) is 12.1. The van der Waals surface area contributed by atoms with Crippen LogP contribution in [0.5, 0.6) is 0 Å². The maximum Gasteiger partial charge on any atom is 0.335 e. The smallest absolute Gasteiger partial charge is 0.335 e. The van der Waals surface area contributed by atoms with Crippen LogP contribution in [-0.2, 0) is 6.42 Å². The van der Waals surface area contributed by atoms with Crippen LogP contribution < -0.4 is 5.32 Å². The summed E-state index contributed by atoms with van der Waals surface area (Å²) in [5.74, 6) is -0.849. The summed E-state index contributed by atoms with van der Waals surface area (Å²) in [5.41, 5.74) is 3.50. The molecule has 0 amide bonds. The van der Waals surface area contributed by atoms with Crippen LogP contribution in [0, 0.1) is 13.8 Å². The third kappa shape index (κ3) is 2.80. The van der Waals surface area contributed by atoms with Gasteiger partial charge in [-0.15, -0.1) is 0 Å². The SMILES string of the molecule is CNCCc1cc(C(=O)O)c(C)cc1C. The molecule has 2 N–H and O–H groups in total. The highest BCUT2D eigenvalue weighted by molar-refractivity contribution is 5.89. The van der Waals surface area contributed by atoms with E-state index < -0.39 is 5.97 Å². The fourth-order valence-corrected chi connectivity index (χ4v) is 1.66. The van der Waals surface area contributed by atoms with E-state index in [4.69, 9.17) is 5.11 Å². The van der Waals surface area contributed by atoms with Crippen molar-refractivity contribution in [3.8, 4) is 0 Å². The summed E-state index contributed by atoms with van der Waals surface area (Å²) < 4.78 is 0. The molecule has 0 spiro atoms. The predicted octanol–water partition coefficient (Wildman–Crippen LogP) is 1.76. The Hall–Kier alpha value is -1.35. The molecule has 1 rings (SSSR count). The van der Waals surface area contributed by atoms with Crippen LogP contribution >= 0.6 is 0 Å². The molecule has 0 fully saturated rings. The lowest BCUT2D eigenvalue weighted by molar-refractivity contribution is 0.0696. The molecule has 1 aromatic carbocycles. The lowest BCUT2D eigenvalue weighted by atomic mass is 9.98. The molecule has 3 nitrogen and oxygen atoms in total. The molecule has 0 bridgehead atoms. The Balaban J connectivity index is 3.06. The minimum Gasteiger partial charge on any atom is -0.478 e. The van der Waals surface area contributed by atoms with Gasteiger partial charge in [-0.2, -0.15) is 0 Å². The maximum absolute atomic E-state index is 10.9. The second-order valence-electron chi connectivity index (χ2n) is 3.75. The third-order valence-electron chi connectivity index (χ3n) is 2.56. The first-order valence-electron chi connectivity index (χ1n) is 5.04. The van der Waals surface area contributed by atoms with Gasteiger partial charge in [0.15, 0.2) is 0 Å². The first kappa shape index (κ1) is 11.7. The van der Waals surface area contributed by atoms with Gasteiger partial charge in [0.2, 0.25) is 0 Å². The molecule has 0 aliphatic heterocycles. The zero-order valence-electron chi connectivity index (χ0n) is 9.42. The number of carboxylic acid groups (broad SMARTS) is 1. The van der Waals surface area contributed by atoms with E-state index in [0.717, 1.165) is 29.7 Å². The summed E-state index contributed by atoms with van der Waals surface area (Å²) in [6.07, 6.45) is 0.864. The fraction of sp³-hybridized carbons (Fsp3) is 0.417. The lowest BCUT2D eigenvalue weighted by Gasteiger charge is -2.09. The lowest BCUT2D eigenvalue weighted by Crippen LogP contribution is -2.12. The highest BCUT2D eigenvalue weighted by atomic mass is 16.4. The molecule has 1 aromatic rings. The van der Waals surface area contributed by atoms with Crippen LogP contribution in [-0.4, -0.2) is 24.7 Å². The number of likely N-dealkylation sites (N-methyl/N-ethyl adjacent to an activating group) is 1. The number of nitrogens with one attached hydrogen (secondary N) is 1. The van der Waals surface area contributed by atoms with Gasteiger partial charge in [0.1, 0.15) is 0 Å². The number of hydrogen-bond acceptors (Lipinski definition) is 2. The second-order valence-corrected chi connectivity index (χ2v) is 3.75.